The molecule has 0 aromatic rings. The molecule has 1 aliphatic heterocycles. The van der Waals surface area contributed by atoms with Gasteiger partial charge in [0.1, 0.15) is 0 Å². The molecular formula is C15H28N2O4S. The Morgan fingerprint density at radius 1 is 1.23 bits per heavy atom. The highest BCUT2D eigenvalue weighted by molar-refractivity contribution is 7.91. The second-order valence-electron chi connectivity index (χ2n) is 6.43. The number of amides is 2. The minimum Gasteiger partial charge on any atom is -0.383 e. The lowest BCUT2D eigenvalue weighted by molar-refractivity contribution is 0.132. The van der Waals surface area contributed by atoms with Crippen LogP contribution in [0.4, 0.5) is 4.79 Å². The quantitative estimate of drug-likeness (QED) is 0.798. The van der Waals surface area contributed by atoms with Crippen LogP contribution >= 0.6 is 0 Å². The lowest BCUT2D eigenvalue weighted by atomic mass is 9.89. The SMILES string of the molecule is COCCN(C(=O)NCC1CCCCC1)C1CCS(=O)(=O)C1. The maximum atomic E-state index is 12.5. The Bertz CT molecular complexity index is 460. The van der Waals surface area contributed by atoms with Gasteiger partial charge in [0.25, 0.3) is 0 Å². The Balaban J connectivity index is 1.88. The monoisotopic (exact) mass is 332 g/mol. The smallest absolute Gasteiger partial charge is 0.317 e. The molecule has 0 aromatic heterocycles. The molecule has 0 radical (unpaired) electrons. The van der Waals surface area contributed by atoms with Gasteiger partial charge in [0.05, 0.1) is 18.1 Å². The van der Waals surface area contributed by atoms with E-state index < -0.39 is 9.84 Å². The average Bonchev–Trinajstić information content (AvgIpc) is 2.86. The first kappa shape index (κ1) is 17.5. The third-order valence-electron chi connectivity index (χ3n) is 4.71. The summed E-state index contributed by atoms with van der Waals surface area (Å²) in [5.74, 6) is 0.819. The van der Waals surface area contributed by atoms with Gasteiger partial charge in [-0.05, 0) is 25.2 Å². The van der Waals surface area contributed by atoms with E-state index in [4.69, 9.17) is 4.74 Å². The van der Waals surface area contributed by atoms with Crippen LogP contribution in [-0.4, -0.2) is 63.7 Å². The second-order valence-corrected chi connectivity index (χ2v) is 8.66. The van der Waals surface area contributed by atoms with Crippen molar-refractivity contribution >= 4 is 15.9 Å². The van der Waals surface area contributed by atoms with Crippen LogP contribution < -0.4 is 5.32 Å². The maximum Gasteiger partial charge on any atom is 0.317 e. The number of nitrogens with one attached hydrogen (secondary N) is 1. The normalized spacial score (nSPS) is 25.0. The van der Waals surface area contributed by atoms with Crippen molar-refractivity contribution in [1.82, 2.24) is 10.2 Å². The van der Waals surface area contributed by atoms with Gasteiger partial charge < -0.3 is 15.0 Å². The van der Waals surface area contributed by atoms with E-state index in [0.717, 1.165) is 0 Å². The van der Waals surface area contributed by atoms with E-state index >= 15 is 0 Å². The molecule has 2 rings (SSSR count). The fraction of sp³-hybridized carbons (Fsp3) is 0.933. The van der Waals surface area contributed by atoms with Crippen molar-refractivity contribution in [2.45, 2.75) is 44.6 Å². The maximum absolute atomic E-state index is 12.5. The van der Waals surface area contributed by atoms with E-state index in [9.17, 15) is 13.2 Å². The predicted molar refractivity (Wildman–Crippen MR) is 85.6 cm³/mol. The Labute approximate surface area is 133 Å². The number of urea groups is 1. The first-order chi connectivity index (χ1) is 10.5. The van der Waals surface area contributed by atoms with Gasteiger partial charge in [0, 0.05) is 26.2 Å². The van der Waals surface area contributed by atoms with Gasteiger partial charge in [-0.15, -0.1) is 0 Å². The number of sulfone groups is 1. The molecule has 1 saturated carbocycles. The first-order valence-electron chi connectivity index (χ1n) is 8.25. The van der Waals surface area contributed by atoms with Crippen LogP contribution in [0.3, 0.4) is 0 Å². The van der Waals surface area contributed by atoms with Gasteiger partial charge in [0.15, 0.2) is 9.84 Å². The molecule has 0 bridgehead atoms. The second kappa shape index (κ2) is 8.15. The van der Waals surface area contributed by atoms with Crippen LogP contribution in [0.15, 0.2) is 0 Å². The molecule has 1 heterocycles. The van der Waals surface area contributed by atoms with E-state index in [-0.39, 0.29) is 23.6 Å². The minimum atomic E-state index is -3.00. The van der Waals surface area contributed by atoms with Crippen molar-refractivity contribution in [2.24, 2.45) is 5.92 Å². The molecular weight excluding hydrogens is 304 g/mol. The fourth-order valence-electron chi connectivity index (χ4n) is 3.39. The summed E-state index contributed by atoms with van der Waals surface area (Å²) in [6.07, 6.45) is 6.67. The zero-order valence-corrected chi connectivity index (χ0v) is 14.2. The topological polar surface area (TPSA) is 75.7 Å². The van der Waals surface area contributed by atoms with Crippen LogP contribution in [0.2, 0.25) is 0 Å². The van der Waals surface area contributed by atoms with Gasteiger partial charge in [0.2, 0.25) is 0 Å². The third-order valence-corrected chi connectivity index (χ3v) is 6.46. The van der Waals surface area contributed by atoms with Crippen molar-refractivity contribution in [1.29, 1.82) is 0 Å². The lowest BCUT2D eigenvalue weighted by Crippen LogP contribution is -2.49. The Kier molecular flexibility index (Phi) is 6.50. The molecule has 2 aliphatic rings. The highest BCUT2D eigenvalue weighted by Gasteiger charge is 2.34. The van der Waals surface area contributed by atoms with E-state index in [2.05, 4.69) is 5.32 Å². The third kappa shape index (κ3) is 5.12. The Morgan fingerprint density at radius 2 is 1.95 bits per heavy atom. The average molecular weight is 332 g/mol. The zero-order valence-electron chi connectivity index (χ0n) is 13.4. The van der Waals surface area contributed by atoms with Crippen LogP contribution in [0.25, 0.3) is 0 Å². The summed E-state index contributed by atoms with van der Waals surface area (Å²) >= 11 is 0. The number of hydrogen-bond acceptors (Lipinski definition) is 4. The standard InChI is InChI=1S/C15H28N2O4S/c1-21-9-8-17(14-7-10-22(19,20)12-14)15(18)16-11-13-5-3-2-4-6-13/h13-14H,2-12H2,1H3,(H,16,18). The number of ether oxygens (including phenoxy) is 1. The van der Waals surface area contributed by atoms with Crippen LogP contribution in [0.1, 0.15) is 38.5 Å². The predicted octanol–water partition coefficient (Wildman–Crippen LogP) is 1.41. The number of methoxy groups -OCH3 is 1. The number of hydrogen-bond donors (Lipinski definition) is 1. The molecule has 1 N–H and O–H groups in total. The van der Waals surface area contributed by atoms with Crippen molar-refractivity contribution in [3.63, 3.8) is 0 Å². The fourth-order valence-corrected chi connectivity index (χ4v) is 5.12. The zero-order chi connectivity index (χ0) is 16.0. The lowest BCUT2D eigenvalue weighted by Gasteiger charge is -2.29. The van der Waals surface area contributed by atoms with Crippen molar-refractivity contribution in [3.05, 3.63) is 0 Å². The molecule has 0 aromatic carbocycles. The largest absolute Gasteiger partial charge is 0.383 e. The number of nitrogens with zero attached hydrogens (tertiary/aromatic N) is 1. The molecule has 22 heavy (non-hydrogen) atoms. The molecule has 1 aliphatic carbocycles. The Morgan fingerprint density at radius 3 is 2.55 bits per heavy atom. The summed E-state index contributed by atoms with van der Waals surface area (Å²) in [7, 11) is -1.41. The summed E-state index contributed by atoms with van der Waals surface area (Å²) < 4.78 is 28.4. The van der Waals surface area contributed by atoms with E-state index in [1.54, 1.807) is 12.0 Å². The molecule has 128 valence electrons. The van der Waals surface area contributed by atoms with Crippen molar-refractivity contribution in [3.8, 4) is 0 Å². The van der Waals surface area contributed by atoms with Gasteiger partial charge in [-0.2, -0.15) is 0 Å². The molecule has 6 nitrogen and oxygen atoms in total. The Hall–Kier alpha value is -0.820. The van der Waals surface area contributed by atoms with E-state index in [1.165, 1.54) is 32.1 Å². The summed E-state index contributed by atoms with van der Waals surface area (Å²) in [5, 5.41) is 3.00. The van der Waals surface area contributed by atoms with Gasteiger partial charge in [-0.25, -0.2) is 13.2 Å². The summed E-state index contributed by atoms with van der Waals surface area (Å²) in [4.78, 5) is 14.1. The molecule has 0 spiro atoms. The highest BCUT2D eigenvalue weighted by Crippen LogP contribution is 2.23. The summed E-state index contributed by atoms with van der Waals surface area (Å²) in [6, 6.07) is -0.365. The summed E-state index contributed by atoms with van der Waals surface area (Å²) in [6.45, 7) is 1.56. The molecule has 1 atom stereocenters. The van der Waals surface area contributed by atoms with E-state index in [0.29, 0.717) is 32.0 Å². The van der Waals surface area contributed by atoms with Gasteiger partial charge >= 0.3 is 6.03 Å². The highest BCUT2D eigenvalue weighted by atomic mass is 32.2. The molecule has 7 heteroatoms. The van der Waals surface area contributed by atoms with Gasteiger partial charge in [-0.1, -0.05) is 19.3 Å². The number of carbonyl (C=O) groups excluding carboxylic acids is 1. The van der Waals surface area contributed by atoms with Crippen molar-refractivity contribution in [2.75, 3.05) is 38.3 Å². The van der Waals surface area contributed by atoms with E-state index in [1.807, 2.05) is 0 Å². The minimum absolute atomic E-state index is 0.0769. The number of rotatable bonds is 6. The van der Waals surface area contributed by atoms with Crippen molar-refractivity contribution < 1.29 is 17.9 Å². The molecule has 1 unspecified atom stereocenters. The summed E-state index contributed by atoms with van der Waals surface area (Å²) in [5.41, 5.74) is 0. The number of carbonyl (C=O) groups is 1. The molecule has 2 amide bonds. The van der Waals surface area contributed by atoms with Crippen LogP contribution in [-0.2, 0) is 14.6 Å². The van der Waals surface area contributed by atoms with Crippen LogP contribution in [0, 0.1) is 5.92 Å². The molecule has 1 saturated heterocycles. The van der Waals surface area contributed by atoms with Crippen LogP contribution in [0.5, 0.6) is 0 Å². The first-order valence-corrected chi connectivity index (χ1v) is 10.1. The molecule has 2 fully saturated rings. The van der Waals surface area contributed by atoms with Gasteiger partial charge in [-0.3, -0.25) is 0 Å².